The fraction of sp³-hybridized carbons (Fsp3) is 0.526. The molecule has 31 heavy (non-hydrogen) atoms. The van der Waals surface area contributed by atoms with Gasteiger partial charge in [0.05, 0.1) is 6.07 Å². The Bertz CT molecular complexity index is 1160. The molecule has 2 heterocycles. The van der Waals surface area contributed by atoms with Crippen LogP contribution in [0.3, 0.4) is 0 Å². The lowest BCUT2D eigenvalue weighted by atomic mass is 9.88. The van der Waals surface area contributed by atoms with Crippen LogP contribution in [0, 0.1) is 31.0 Å². The number of hydrogen-bond donors (Lipinski definition) is 2. The van der Waals surface area contributed by atoms with Crippen molar-refractivity contribution in [2.75, 3.05) is 13.1 Å². The molecule has 12 heteroatoms. The summed E-state index contributed by atoms with van der Waals surface area (Å²) >= 11 is 6.15. The first-order chi connectivity index (χ1) is 14.5. The van der Waals surface area contributed by atoms with Crippen LogP contribution in [0.5, 0.6) is 0 Å². The number of aryl methyl sites for hydroxylation is 1. The van der Waals surface area contributed by atoms with Crippen LogP contribution in [0.2, 0.25) is 0 Å². The maximum absolute atomic E-state index is 14.7. The van der Waals surface area contributed by atoms with E-state index < -0.39 is 38.6 Å². The number of hydrogen-bond acceptors (Lipinski definition) is 6. The highest BCUT2D eigenvalue weighted by Gasteiger charge is 2.39. The van der Waals surface area contributed by atoms with E-state index in [1.165, 1.54) is 6.07 Å². The molecule has 168 valence electrons. The quantitative estimate of drug-likeness (QED) is 0.621. The molecule has 9 nitrogen and oxygen atoms in total. The monoisotopic (exact) mass is 471 g/mol. The van der Waals surface area contributed by atoms with Crippen LogP contribution in [0.4, 0.5) is 4.39 Å². The van der Waals surface area contributed by atoms with Crippen LogP contribution in [0.15, 0.2) is 21.3 Å². The normalized spacial score (nSPS) is 19.0. The molecule has 2 aromatic rings. The SMILES string of the molecule is Cc1ccc(F)c(C(C)[C@H](NS(=O)(=O)N2CCC(Cl)(C#N)CC2)c2n[nH]c(=O)o2)c1C. The highest BCUT2D eigenvalue weighted by Crippen LogP contribution is 2.36. The number of piperidine rings is 1. The van der Waals surface area contributed by atoms with Crippen molar-refractivity contribution in [2.24, 2.45) is 0 Å². The third-order valence-electron chi connectivity index (χ3n) is 5.74. The highest BCUT2D eigenvalue weighted by atomic mass is 35.5. The smallest absolute Gasteiger partial charge is 0.391 e. The number of alkyl halides is 1. The van der Waals surface area contributed by atoms with Gasteiger partial charge in [-0.1, -0.05) is 13.0 Å². The molecule has 1 aromatic carbocycles. The first-order valence-electron chi connectivity index (χ1n) is 9.66. The first-order valence-corrected chi connectivity index (χ1v) is 11.5. The molecule has 0 aliphatic carbocycles. The lowest BCUT2D eigenvalue weighted by Crippen LogP contribution is -2.49. The Labute approximate surface area is 184 Å². The topological polar surface area (TPSA) is 132 Å². The molecule has 1 saturated heterocycles. The number of H-pyrrole nitrogens is 1. The zero-order chi connectivity index (χ0) is 23.0. The van der Waals surface area contributed by atoms with Crippen LogP contribution in [0.1, 0.15) is 54.3 Å². The summed E-state index contributed by atoms with van der Waals surface area (Å²) in [7, 11) is -4.09. The average Bonchev–Trinajstić information content (AvgIpc) is 3.15. The fourth-order valence-corrected chi connectivity index (χ4v) is 5.31. The second kappa shape index (κ2) is 8.70. The van der Waals surface area contributed by atoms with Gasteiger partial charge in [0.1, 0.15) is 16.7 Å². The minimum Gasteiger partial charge on any atom is -0.391 e. The molecule has 1 aromatic heterocycles. The lowest BCUT2D eigenvalue weighted by Gasteiger charge is -2.34. The van der Waals surface area contributed by atoms with E-state index in [1.807, 2.05) is 13.0 Å². The average molecular weight is 472 g/mol. The van der Waals surface area contributed by atoms with Crippen molar-refractivity contribution in [2.45, 2.75) is 50.4 Å². The van der Waals surface area contributed by atoms with Gasteiger partial charge in [-0.15, -0.1) is 16.7 Å². The number of nitriles is 1. The summed E-state index contributed by atoms with van der Waals surface area (Å²) in [6.07, 6.45) is 0.324. The number of aromatic nitrogens is 2. The van der Waals surface area contributed by atoms with E-state index in [9.17, 15) is 17.6 Å². The molecular weight excluding hydrogens is 449 g/mol. The maximum Gasteiger partial charge on any atom is 0.434 e. The number of halogens is 2. The Morgan fingerprint density at radius 3 is 2.58 bits per heavy atom. The zero-order valence-corrected chi connectivity index (χ0v) is 18.8. The Morgan fingerprint density at radius 2 is 2.03 bits per heavy atom. The zero-order valence-electron chi connectivity index (χ0n) is 17.3. The molecule has 0 spiro atoms. The van der Waals surface area contributed by atoms with Gasteiger partial charge >= 0.3 is 5.76 Å². The molecule has 0 saturated carbocycles. The fourth-order valence-electron chi connectivity index (χ4n) is 3.70. The van der Waals surface area contributed by atoms with Crippen molar-refractivity contribution >= 4 is 21.8 Å². The van der Waals surface area contributed by atoms with Crippen LogP contribution in [-0.4, -0.2) is 40.9 Å². The summed E-state index contributed by atoms with van der Waals surface area (Å²) in [6.45, 7) is 5.26. The van der Waals surface area contributed by atoms with Gasteiger partial charge in [0.25, 0.3) is 10.2 Å². The summed E-state index contributed by atoms with van der Waals surface area (Å²) in [4.78, 5) is 10.4. The van der Waals surface area contributed by atoms with Crippen LogP contribution >= 0.6 is 11.6 Å². The van der Waals surface area contributed by atoms with Crippen LogP contribution in [-0.2, 0) is 10.2 Å². The number of nitrogens with zero attached hydrogens (tertiary/aromatic N) is 3. The van der Waals surface area contributed by atoms with E-state index in [-0.39, 0.29) is 31.8 Å². The summed E-state index contributed by atoms with van der Waals surface area (Å²) in [6, 6.07) is 3.79. The van der Waals surface area contributed by atoms with Gasteiger partial charge < -0.3 is 4.42 Å². The summed E-state index contributed by atoms with van der Waals surface area (Å²) in [5, 5.41) is 15.0. The third-order valence-corrected chi connectivity index (χ3v) is 7.80. The Balaban J connectivity index is 1.95. The van der Waals surface area contributed by atoms with Crippen LogP contribution in [0.25, 0.3) is 0 Å². The number of benzene rings is 1. The Kier molecular flexibility index (Phi) is 6.57. The van der Waals surface area contributed by atoms with Crippen molar-refractivity contribution in [3.05, 3.63) is 51.1 Å². The van der Waals surface area contributed by atoms with Crippen molar-refractivity contribution in [3.8, 4) is 6.07 Å². The Morgan fingerprint density at radius 1 is 1.39 bits per heavy atom. The second-order valence-electron chi connectivity index (χ2n) is 7.72. The molecule has 0 bridgehead atoms. The third kappa shape index (κ3) is 4.82. The van der Waals surface area contributed by atoms with E-state index >= 15 is 0 Å². The van der Waals surface area contributed by atoms with Crippen LogP contribution < -0.4 is 10.5 Å². The molecule has 0 amide bonds. The van der Waals surface area contributed by atoms with Crippen molar-refractivity contribution in [1.82, 2.24) is 19.2 Å². The maximum atomic E-state index is 14.7. The number of aromatic amines is 1. The molecule has 0 radical (unpaired) electrons. The second-order valence-corrected chi connectivity index (χ2v) is 10.1. The molecule has 1 aliphatic rings. The van der Waals surface area contributed by atoms with E-state index in [4.69, 9.17) is 21.3 Å². The molecule has 1 aliphatic heterocycles. The predicted octanol–water partition coefficient (Wildman–Crippen LogP) is 2.40. The number of nitrogens with one attached hydrogen (secondary N) is 2. The van der Waals surface area contributed by atoms with Gasteiger partial charge in [-0.3, -0.25) is 0 Å². The minimum atomic E-state index is -4.09. The Hall–Kier alpha value is -2.26. The minimum absolute atomic E-state index is 0.0375. The van der Waals surface area contributed by atoms with Gasteiger partial charge in [0.2, 0.25) is 5.89 Å². The van der Waals surface area contributed by atoms with Gasteiger partial charge in [-0.25, -0.2) is 14.3 Å². The van der Waals surface area contributed by atoms with E-state index in [0.29, 0.717) is 11.1 Å². The summed E-state index contributed by atoms with van der Waals surface area (Å²) in [5.41, 5.74) is 1.79. The molecule has 1 fully saturated rings. The molecule has 3 rings (SSSR count). The van der Waals surface area contributed by atoms with Gasteiger partial charge in [0.15, 0.2) is 0 Å². The molecular formula is C19H23ClFN5O4S. The van der Waals surface area contributed by atoms with Gasteiger partial charge in [0, 0.05) is 19.0 Å². The van der Waals surface area contributed by atoms with Gasteiger partial charge in [-0.2, -0.15) is 22.7 Å². The van der Waals surface area contributed by atoms with Crippen molar-refractivity contribution in [3.63, 3.8) is 0 Å². The molecule has 2 atom stereocenters. The lowest BCUT2D eigenvalue weighted by molar-refractivity contribution is 0.309. The summed E-state index contributed by atoms with van der Waals surface area (Å²) < 4.78 is 49.6. The van der Waals surface area contributed by atoms with E-state index in [2.05, 4.69) is 14.9 Å². The highest BCUT2D eigenvalue weighted by molar-refractivity contribution is 7.87. The number of rotatable bonds is 6. The molecule has 2 N–H and O–H groups in total. The molecule has 1 unspecified atom stereocenters. The largest absolute Gasteiger partial charge is 0.434 e. The van der Waals surface area contributed by atoms with Crippen molar-refractivity contribution in [1.29, 1.82) is 5.26 Å². The van der Waals surface area contributed by atoms with E-state index in [0.717, 1.165) is 9.87 Å². The predicted molar refractivity (Wildman–Crippen MR) is 111 cm³/mol. The summed E-state index contributed by atoms with van der Waals surface area (Å²) in [5.74, 6) is -2.32. The van der Waals surface area contributed by atoms with E-state index in [1.54, 1.807) is 19.9 Å². The standard InChI is InChI=1S/C19H23ClFN5O4S/c1-11-4-5-14(21)15(12(11)2)13(3)16(17-23-24-18(27)30-17)25-31(28,29)26-8-6-19(20,10-22)7-9-26/h4-5,13,16,25H,6-9H2,1-3H3,(H,24,27)/t13?,16-/m0/s1. The van der Waals surface area contributed by atoms with Gasteiger partial charge in [-0.05, 0) is 49.4 Å². The first kappa shape index (κ1) is 23.4. The van der Waals surface area contributed by atoms with Crippen molar-refractivity contribution < 1.29 is 17.2 Å².